The molecule has 0 aromatic heterocycles. The van der Waals surface area contributed by atoms with Crippen LogP contribution >= 0.6 is 0 Å². The zero-order chi connectivity index (χ0) is 10.6. The van der Waals surface area contributed by atoms with Gasteiger partial charge in [0.1, 0.15) is 5.75 Å². The largest absolute Gasteiger partial charge is 0.491 e. The maximum Gasteiger partial charge on any atom is 0.119 e. The van der Waals surface area contributed by atoms with Crippen LogP contribution in [0.4, 0.5) is 0 Å². The van der Waals surface area contributed by atoms with Crippen molar-refractivity contribution in [3.05, 3.63) is 29.8 Å². The van der Waals surface area contributed by atoms with Gasteiger partial charge in [-0.1, -0.05) is 19.1 Å². The molecule has 14 heavy (non-hydrogen) atoms. The fourth-order valence-electron chi connectivity index (χ4n) is 1.14. The molecule has 0 heterocycles. The zero-order valence-electron chi connectivity index (χ0n) is 9.03. The van der Waals surface area contributed by atoms with E-state index < -0.39 is 6.10 Å². The Morgan fingerprint density at radius 2 is 1.79 bits per heavy atom. The minimum Gasteiger partial charge on any atom is -0.491 e. The van der Waals surface area contributed by atoms with Gasteiger partial charge in [0.05, 0.1) is 12.2 Å². The predicted octanol–water partition coefficient (Wildman–Crippen LogP) is 2.92. The topological polar surface area (TPSA) is 29.5 Å². The molecule has 0 fully saturated rings. The molecule has 0 radical (unpaired) electrons. The van der Waals surface area contributed by atoms with Crippen LogP contribution in [0, 0.1) is 0 Å². The van der Waals surface area contributed by atoms with Gasteiger partial charge in [-0.2, -0.15) is 0 Å². The van der Waals surface area contributed by atoms with E-state index in [1.54, 1.807) is 6.92 Å². The molecule has 0 aliphatic rings. The zero-order valence-corrected chi connectivity index (χ0v) is 9.03. The quantitative estimate of drug-likeness (QED) is 0.798. The molecule has 0 spiro atoms. The van der Waals surface area contributed by atoms with Gasteiger partial charge in [-0.25, -0.2) is 0 Å². The standard InChI is InChI=1S/C12H18O2/c1-4-9(2)14-12-7-5-11(6-8-12)10(3)13/h5-10,13H,4H2,1-3H3/t9?,10-/m1/s1. The van der Waals surface area contributed by atoms with Gasteiger partial charge in [0, 0.05) is 0 Å². The summed E-state index contributed by atoms with van der Waals surface area (Å²) in [6.07, 6.45) is 0.832. The Balaban J connectivity index is 2.64. The van der Waals surface area contributed by atoms with E-state index in [1.807, 2.05) is 31.2 Å². The molecule has 1 N–H and O–H groups in total. The Morgan fingerprint density at radius 1 is 1.21 bits per heavy atom. The van der Waals surface area contributed by atoms with Gasteiger partial charge >= 0.3 is 0 Å². The summed E-state index contributed by atoms with van der Waals surface area (Å²) in [4.78, 5) is 0. The lowest BCUT2D eigenvalue weighted by molar-refractivity contribution is 0.198. The summed E-state index contributed by atoms with van der Waals surface area (Å²) in [5, 5.41) is 9.30. The smallest absolute Gasteiger partial charge is 0.119 e. The second-order valence-electron chi connectivity index (χ2n) is 3.58. The lowest BCUT2D eigenvalue weighted by atomic mass is 10.1. The van der Waals surface area contributed by atoms with Crippen molar-refractivity contribution in [1.82, 2.24) is 0 Å². The van der Waals surface area contributed by atoms with E-state index in [0.29, 0.717) is 0 Å². The van der Waals surface area contributed by atoms with Crippen molar-refractivity contribution in [1.29, 1.82) is 0 Å². The van der Waals surface area contributed by atoms with Gasteiger partial charge < -0.3 is 9.84 Å². The highest BCUT2D eigenvalue weighted by atomic mass is 16.5. The highest BCUT2D eigenvalue weighted by Gasteiger charge is 2.03. The fourth-order valence-corrected chi connectivity index (χ4v) is 1.14. The Bertz CT molecular complexity index is 264. The van der Waals surface area contributed by atoms with Crippen molar-refractivity contribution in [2.45, 2.75) is 39.4 Å². The van der Waals surface area contributed by atoms with Crippen LogP contribution < -0.4 is 4.74 Å². The summed E-state index contributed by atoms with van der Waals surface area (Å²) < 4.78 is 5.62. The Morgan fingerprint density at radius 3 is 2.21 bits per heavy atom. The third-order valence-corrected chi connectivity index (χ3v) is 2.27. The van der Waals surface area contributed by atoms with Crippen LogP contribution in [0.15, 0.2) is 24.3 Å². The van der Waals surface area contributed by atoms with E-state index in [9.17, 15) is 5.11 Å². The number of aliphatic hydroxyl groups is 1. The summed E-state index contributed by atoms with van der Waals surface area (Å²) in [5.74, 6) is 0.865. The minimum atomic E-state index is -0.410. The van der Waals surface area contributed by atoms with E-state index in [4.69, 9.17) is 4.74 Å². The van der Waals surface area contributed by atoms with Gasteiger partial charge in [-0.05, 0) is 38.0 Å². The molecule has 78 valence electrons. The Kier molecular flexibility index (Phi) is 3.96. The summed E-state index contributed by atoms with van der Waals surface area (Å²) >= 11 is 0. The summed E-state index contributed by atoms with van der Waals surface area (Å²) in [7, 11) is 0. The lowest BCUT2D eigenvalue weighted by Gasteiger charge is -2.13. The number of benzene rings is 1. The summed E-state index contributed by atoms with van der Waals surface area (Å²) in [5.41, 5.74) is 0.918. The Labute approximate surface area is 85.5 Å². The molecule has 1 rings (SSSR count). The molecule has 2 heteroatoms. The summed E-state index contributed by atoms with van der Waals surface area (Å²) in [6.45, 7) is 5.89. The number of aliphatic hydroxyl groups excluding tert-OH is 1. The number of hydrogen-bond donors (Lipinski definition) is 1. The first kappa shape index (κ1) is 11.1. The van der Waals surface area contributed by atoms with Crippen molar-refractivity contribution >= 4 is 0 Å². The fraction of sp³-hybridized carbons (Fsp3) is 0.500. The molecule has 2 atom stereocenters. The highest BCUT2D eigenvalue weighted by Crippen LogP contribution is 2.18. The molecule has 0 saturated carbocycles. The van der Waals surface area contributed by atoms with Crippen molar-refractivity contribution in [3.8, 4) is 5.75 Å². The molecule has 2 nitrogen and oxygen atoms in total. The normalized spacial score (nSPS) is 14.9. The molecule has 0 bridgehead atoms. The van der Waals surface area contributed by atoms with E-state index in [1.165, 1.54) is 0 Å². The average molecular weight is 194 g/mol. The van der Waals surface area contributed by atoms with Crippen LogP contribution in [-0.4, -0.2) is 11.2 Å². The molecule has 0 saturated heterocycles. The lowest BCUT2D eigenvalue weighted by Crippen LogP contribution is -2.09. The van der Waals surface area contributed by atoms with Gasteiger partial charge in [-0.3, -0.25) is 0 Å². The highest BCUT2D eigenvalue weighted by molar-refractivity contribution is 5.28. The molecule has 1 aromatic carbocycles. The van der Waals surface area contributed by atoms with Gasteiger partial charge in [0.25, 0.3) is 0 Å². The molecule has 0 amide bonds. The predicted molar refractivity (Wildman–Crippen MR) is 57.5 cm³/mol. The molecular formula is C12H18O2. The van der Waals surface area contributed by atoms with Crippen LogP contribution in [0.3, 0.4) is 0 Å². The van der Waals surface area contributed by atoms with Crippen molar-refractivity contribution in [2.24, 2.45) is 0 Å². The second kappa shape index (κ2) is 5.01. The first-order chi connectivity index (χ1) is 6.63. The third-order valence-electron chi connectivity index (χ3n) is 2.27. The number of hydrogen-bond acceptors (Lipinski definition) is 2. The molecule has 1 aromatic rings. The molecule has 0 aliphatic carbocycles. The van der Waals surface area contributed by atoms with Gasteiger partial charge in [0.2, 0.25) is 0 Å². The van der Waals surface area contributed by atoms with E-state index in [2.05, 4.69) is 6.92 Å². The van der Waals surface area contributed by atoms with E-state index in [0.717, 1.165) is 17.7 Å². The SMILES string of the molecule is CCC(C)Oc1ccc([C@@H](C)O)cc1. The molecule has 1 unspecified atom stereocenters. The average Bonchev–Trinajstić information content (AvgIpc) is 2.18. The van der Waals surface area contributed by atoms with E-state index >= 15 is 0 Å². The third kappa shape index (κ3) is 3.04. The van der Waals surface area contributed by atoms with Gasteiger partial charge in [-0.15, -0.1) is 0 Å². The summed E-state index contributed by atoms with van der Waals surface area (Å²) in [6, 6.07) is 7.58. The van der Waals surface area contributed by atoms with Crippen LogP contribution in [-0.2, 0) is 0 Å². The minimum absolute atomic E-state index is 0.243. The second-order valence-corrected chi connectivity index (χ2v) is 3.58. The van der Waals surface area contributed by atoms with Gasteiger partial charge in [0.15, 0.2) is 0 Å². The monoisotopic (exact) mass is 194 g/mol. The van der Waals surface area contributed by atoms with Crippen LogP contribution in [0.1, 0.15) is 38.9 Å². The van der Waals surface area contributed by atoms with Crippen LogP contribution in [0.25, 0.3) is 0 Å². The first-order valence-corrected chi connectivity index (χ1v) is 5.08. The maximum absolute atomic E-state index is 9.30. The Hall–Kier alpha value is -1.02. The van der Waals surface area contributed by atoms with Crippen LogP contribution in [0.2, 0.25) is 0 Å². The maximum atomic E-state index is 9.30. The first-order valence-electron chi connectivity index (χ1n) is 5.08. The van der Waals surface area contributed by atoms with Crippen LogP contribution in [0.5, 0.6) is 5.75 Å². The van der Waals surface area contributed by atoms with Crippen molar-refractivity contribution in [3.63, 3.8) is 0 Å². The number of rotatable bonds is 4. The van der Waals surface area contributed by atoms with E-state index in [-0.39, 0.29) is 6.10 Å². The van der Waals surface area contributed by atoms with Crippen molar-refractivity contribution in [2.75, 3.05) is 0 Å². The van der Waals surface area contributed by atoms with Crippen molar-refractivity contribution < 1.29 is 9.84 Å². The molecular weight excluding hydrogens is 176 g/mol. The number of ether oxygens (including phenoxy) is 1. The molecule has 0 aliphatic heterocycles.